The zero-order valence-corrected chi connectivity index (χ0v) is 13.8. The highest BCUT2D eigenvalue weighted by Crippen LogP contribution is 1.98. The van der Waals surface area contributed by atoms with Crippen molar-refractivity contribution < 1.29 is 33.2 Å². The number of carbonyl (C=O) groups is 1. The van der Waals surface area contributed by atoms with E-state index in [0.717, 1.165) is 32.7 Å². The van der Waals surface area contributed by atoms with Gasteiger partial charge in [0.05, 0.1) is 0 Å². The Kier molecular flexibility index (Phi) is 18.0. The van der Waals surface area contributed by atoms with E-state index in [0.29, 0.717) is 27.0 Å². The lowest BCUT2D eigenvalue weighted by atomic mass is 10.3. The SMILES string of the molecule is C1CCOC1.C1OCOCO1.COCCCCOCC(C)=O. The van der Waals surface area contributed by atoms with Gasteiger partial charge in [-0.2, -0.15) is 0 Å². The van der Waals surface area contributed by atoms with Crippen LogP contribution in [-0.4, -0.2) is 66.3 Å². The van der Waals surface area contributed by atoms with E-state index in [9.17, 15) is 4.79 Å². The second-order valence-electron chi connectivity index (χ2n) is 4.74. The molecule has 0 radical (unpaired) electrons. The number of unbranched alkanes of at least 4 members (excludes halogenated alkanes) is 1. The van der Waals surface area contributed by atoms with Gasteiger partial charge in [0.25, 0.3) is 0 Å². The van der Waals surface area contributed by atoms with Crippen molar-refractivity contribution in [2.24, 2.45) is 0 Å². The molecule has 0 bridgehead atoms. The smallest absolute Gasteiger partial charge is 0.155 e. The average Bonchev–Trinajstić information content (AvgIpc) is 3.12. The zero-order chi connectivity index (χ0) is 16.3. The van der Waals surface area contributed by atoms with Crippen LogP contribution in [0.5, 0.6) is 0 Å². The summed E-state index contributed by atoms with van der Waals surface area (Å²) in [5.41, 5.74) is 0. The van der Waals surface area contributed by atoms with Crippen LogP contribution in [0.25, 0.3) is 0 Å². The van der Waals surface area contributed by atoms with E-state index in [1.807, 2.05) is 0 Å². The van der Waals surface area contributed by atoms with E-state index in [4.69, 9.17) is 14.2 Å². The average molecular weight is 322 g/mol. The largest absolute Gasteiger partial charge is 0.385 e. The molecule has 0 atom stereocenters. The Labute approximate surface area is 133 Å². The minimum Gasteiger partial charge on any atom is -0.385 e. The van der Waals surface area contributed by atoms with Gasteiger partial charge in [0.15, 0.2) is 26.2 Å². The Bertz CT molecular complexity index is 209. The number of Topliss-reactive ketones (excluding diaryl/α,β-unsaturated/α-hetero) is 1. The topological polar surface area (TPSA) is 72.5 Å². The first-order chi connectivity index (χ1) is 10.8. The molecule has 0 amide bonds. The molecule has 2 fully saturated rings. The number of carbonyl (C=O) groups excluding carboxylic acids is 1. The maximum atomic E-state index is 10.4. The van der Waals surface area contributed by atoms with Gasteiger partial charge in [-0.05, 0) is 32.6 Å². The summed E-state index contributed by atoms with van der Waals surface area (Å²) < 4.78 is 28.7. The lowest BCUT2D eigenvalue weighted by Gasteiger charge is -2.10. The van der Waals surface area contributed by atoms with Gasteiger partial charge < -0.3 is 28.4 Å². The van der Waals surface area contributed by atoms with Gasteiger partial charge >= 0.3 is 0 Å². The van der Waals surface area contributed by atoms with Crippen LogP contribution in [0, 0.1) is 0 Å². The summed E-state index contributed by atoms with van der Waals surface area (Å²) in [4.78, 5) is 10.4. The zero-order valence-electron chi connectivity index (χ0n) is 13.8. The quantitative estimate of drug-likeness (QED) is 0.661. The molecule has 0 unspecified atom stereocenters. The summed E-state index contributed by atoms with van der Waals surface area (Å²) in [6.45, 7) is 6.31. The van der Waals surface area contributed by atoms with Crippen LogP contribution >= 0.6 is 0 Å². The maximum absolute atomic E-state index is 10.4. The predicted octanol–water partition coefficient (Wildman–Crippen LogP) is 1.74. The van der Waals surface area contributed by atoms with Gasteiger partial charge in [-0.25, -0.2) is 0 Å². The summed E-state index contributed by atoms with van der Waals surface area (Å²) in [5, 5.41) is 0. The molecule has 2 saturated heterocycles. The van der Waals surface area contributed by atoms with Crippen molar-refractivity contribution >= 4 is 5.78 Å². The Hall–Kier alpha value is -0.570. The number of ether oxygens (including phenoxy) is 6. The Morgan fingerprint density at radius 3 is 1.82 bits per heavy atom. The maximum Gasteiger partial charge on any atom is 0.155 e. The molecule has 0 saturated carbocycles. The van der Waals surface area contributed by atoms with Crippen LogP contribution in [0.4, 0.5) is 0 Å². The van der Waals surface area contributed by atoms with Crippen LogP contribution in [0.2, 0.25) is 0 Å². The molecule has 0 aromatic carbocycles. The summed E-state index contributed by atoms with van der Waals surface area (Å²) in [5.74, 6) is 0.0803. The first-order valence-corrected chi connectivity index (χ1v) is 7.64. The summed E-state index contributed by atoms with van der Waals surface area (Å²) in [6.07, 6.45) is 4.51. The Morgan fingerprint density at radius 2 is 1.45 bits per heavy atom. The molecule has 0 N–H and O–H groups in total. The van der Waals surface area contributed by atoms with Crippen molar-refractivity contribution in [1.29, 1.82) is 0 Å². The molecule has 0 spiro atoms. The highest BCUT2D eigenvalue weighted by molar-refractivity contribution is 5.76. The minimum atomic E-state index is 0.0803. The second kappa shape index (κ2) is 18.5. The summed E-state index contributed by atoms with van der Waals surface area (Å²) in [7, 11) is 1.68. The third-order valence-corrected chi connectivity index (χ3v) is 2.52. The molecule has 7 heteroatoms. The van der Waals surface area contributed by atoms with Crippen molar-refractivity contribution in [3.05, 3.63) is 0 Å². The molecule has 2 aliphatic rings. The predicted molar refractivity (Wildman–Crippen MR) is 80.5 cm³/mol. The molecule has 0 aromatic rings. The van der Waals surface area contributed by atoms with Gasteiger partial charge in [0, 0.05) is 33.5 Å². The van der Waals surface area contributed by atoms with Crippen LogP contribution < -0.4 is 0 Å². The number of hydrogen-bond donors (Lipinski definition) is 0. The lowest BCUT2D eigenvalue weighted by Crippen LogP contribution is -2.14. The number of methoxy groups -OCH3 is 1. The third-order valence-electron chi connectivity index (χ3n) is 2.52. The highest BCUT2D eigenvalue weighted by atomic mass is 16.8. The molecular formula is C15H30O7. The third kappa shape index (κ3) is 19.4. The van der Waals surface area contributed by atoms with Gasteiger partial charge in [-0.1, -0.05) is 0 Å². The van der Waals surface area contributed by atoms with E-state index in [1.54, 1.807) is 7.11 Å². The van der Waals surface area contributed by atoms with E-state index in [2.05, 4.69) is 14.2 Å². The molecule has 22 heavy (non-hydrogen) atoms. The standard InChI is InChI=1S/C8H16O3.C4H8O.C3H6O3/c1-8(9)7-11-6-4-3-5-10-2;1-2-4-5-3-1;1-4-2-6-3-5-1/h3-7H2,1-2H3;1-4H2;1-3H2. The summed E-state index contributed by atoms with van der Waals surface area (Å²) >= 11 is 0. The molecule has 0 aliphatic carbocycles. The molecule has 0 aromatic heterocycles. The van der Waals surface area contributed by atoms with Crippen molar-refractivity contribution in [2.75, 3.05) is 60.5 Å². The van der Waals surface area contributed by atoms with Crippen molar-refractivity contribution in [1.82, 2.24) is 0 Å². The molecule has 2 rings (SSSR count). The van der Waals surface area contributed by atoms with E-state index in [1.165, 1.54) is 19.8 Å². The first kappa shape index (κ1) is 21.4. The fraction of sp³-hybridized carbons (Fsp3) is 0.933. The minimum absolute atomic E-state index is 0.0803. The first-order valence-electron chi connectivity index (χ1n) is 7.64. The Morgan fingerprint density at radius 1 is 0.909 bits per heavy atom. The van der Waals surface area contributed by atoms with Gasteiger partial charge in [0.1, 0.15) is 6.61 Å². The number of hydrogen-bond acceptors (Lipinski definition) is 7. The van der Waals surface area contributed by atoms with E-state index < -0.39 is 0 Å². The fourth-order valence-corrected chi connectivity index (χ4v) is 1.46. The molecular weight excluding hydrogens is 292 g/mol. The molecule has 132 valence electrons. The monoisotopic (exact) mass is 322 g/mol. The van der Waals surface area contributed by atoms with E-state index in [-0.39, 0.29) is 12.4 Å². The molecule has 2 aliphatic heterocycles. The lowest BCUT2D eigenvalue weighted by molar-refractivity contribution is -0.247. The normalized spacial score (nSPS) is 17.0. The fourth-order valence-electron chi connectivity index (χ4n) is 1.46. The summed E-state index contributed by atoms with van der Waals surface area (Å²) in [6, 6.07) is 0. The number of rotatable bonds is 7. The number of ketones is 1. The molecule has 7 nitrogen and oxygen atoms in total. The van der Waals surface area contributed by atoms with Crippen molar-refractivity contribution in [2.45, 2.75) is 32.6 Å². The van der Waals surface area contributed by atoms with E-state index >= 15 is 0 Å². The van der Waals surface area contributed by atoms with Gasteiger partial charge in [0.2, 0.25) is 0 Å². The second-order valence-corrected chi connectivity index (χ2v) is 4.74. The van der Waals surface area contributed by atoms with Crippen LogP contribution in [0.1, 0.15) is 32.6 Å². The van der Waals surface area contributed by atoms with Crippen molar-refractivity contribution in [3.63, 3.8) is 0 Å². The van der Waals surface area contributed by atoms with Crippen LogP contribution in [-0.2, 0) is 33.2 Å². The van der Waals surface area contributed by atoms with Gasteiger partial charge in [-0.15, -0.1) is 0 Å². The van der Waals surface area contributed by atoms with Crippen LogP contribution in [0.15, 0.2) is 0 Å². The molecule has 2 heterocycles. The van der Waals surface area contributed by atoms with Crippen molar-refractivity contribution in [3.8, 4) is 0 Å². The highest BCUT2D eigenvalue weighted by Gasteiger charge is 1.95. The Balaban J connectivity index is 0.000000331. The van der Waals surface area contributed by atoms with Gasteiger partial charge in [-0.3, -0.25) is 4.79 Å². The van der Waals surface area contributed by atoms with Crippen LogP contribution in [0.3, 0.4) is 0 Å².